The van der Waals surface area contributed by atoms with Gasteiger partial charge in [0.05, 0.1) is 18.0 Å². The Hall–Kier alpha value is -1.89. The molecule has 0 amide bonds. The molecule has 0 spiro atoms. The van der Waals surface area contributed by atoms with E-state index in [0.717, 1.165) is 22.8 Å². The van der Waals surface area contributed by atoms with Crippen LogP contribution in [-0.4, -0.2) is 32.8 Å². The summed E-state index contributed by atoms with van der Waals surface area (Å²) >= 11 is 0. The van der Waals surface area contributed by atoms with Crippen LogP contribution in [0, 0.1) is 19.8 Å². The number of aromatic nitrogens is 4. The van der Waals surface area contributed by atoms with Crippen LogP contribution >= 0.6 is 0 Å². The Bertz CT molecular complexity index is 735. The lowest BCUT2D eigenvalue weighted by Crippen LogP contribution is -2.25. The molecule has 7 heteroatoms. The van der Waals surface area contributed by atoms with Crippen LogP contribution in [0.1, 0.15) is 48.5 Å². The molecule has 1 aliphatic rings. The van der Waals surface area contributed by atoms with Crippen molar-refractivity contribution in [2.24, 2.45) is 5.92 Å². The van der Waals surface area contributed by atoms with Crippen molar-refractivity contribution in [3.63, 3.8) is 0 Å². The molecule has 25 heavy (non-hydrogen) atoms. The average molecular weight is 350 g/mol. The third-order valence-corrected chi connectivity index (χ3v) is 4.65. The van der Waals surface area contributed by atoms with E-state index in [9.17, 15) is 8.78 Å². The molecule has 1 aliphatic carbocycles. The third kappa shape index (κ3) is 4.39. The zero-order valence-corrected chi connectivity index (χ0v) is 14.9. The predicted octanol–water partition coefficient (Wildman–Crippen LogP) is 3.79. The van der Waals surface area contributed by atoms with E-state index in [1.165, 1.54) is 0 Å². The Balaban J connectivity index is 1.85. The quantitative estimate of drug-likeness (QED) is 0.823. The molecule has 2 heterocycles. The molecule has 0 bridgehead atoms. The summed E-state index contributed by atoms with van der Waals surface area (Å²) in [5.41, 5.74) is 3.49. The lowest BCUT2D eigenvalue weighted by atomic mass is 9.84. The Labute approximate surface area is 146 Å². The summed E-state index contributed by atoms with van der Waals surface area (Å²) in [7, 11) is 1.62. The molecule has 3 rings (SSSR count). The number of aryl methyl sites for hydroxylation is 2. The van der Waals surface area contributed by atoms with Crippen molar-refractivity contribution in [2.75, 3.05) is 7.11 Å². The van der Waals surface area contributed by atoms with Crippen LogP contribution in [0.3, 0.4) is 0 Å². The fraction of sp³-hybridized carbons (Fsp3) is 0.611. The largest absolute Gasteiger partial charge is 0.378 e. The van der Waals surface area contributed by atoms with E-state index in [1.807, 2.05) is 26.0 Å². The minimum absolute atomic E-state index is 0.0298. The highest BCUT2D eigenvalue weighted by Gasteiger charge is 2.35. The van der Waals surface area contributed by atoms with E-state index < -0.39 is 5.92 Å². The van der Waals surface area contributed by atoms with Gasteiger partial charge in [-0.05, 0) is 51.2 Å². The summed E-state index contributed by atoms with van der Waals surface area (Å²) < 4.78 is 33.6. The molecular formula is C18H24F2N4O. The molecule has 0 aliphatic heterocycles. The van der Waals surface area contributed by atoms with Crippen molar-refractivity contribution in [2.45, 2.75) is 58.5 Å². The summed E-state index contributed by atoms with van der Waals surface area (Å²) in [5, 5.41) is 4.44. The second-order valence-electron chi connectivity index (χ2n) is 6.93. The smallest absolute Gasteiger partial charge is 0.251 e. The normalized spacial score (nSPS) is 17.8. The van der Waals surface area contributed by atoms with Gasteiger partial charge >= 0.3 is 0 Å². The lowest BCUT2D eigenvalue weighted by molar-refractivity contribution is -0.0457. The predicted molar refractivity (Wildman–Crippen MR) is 90.0 cm³/mol. The van der Waals surface area contributed by atoms with E-state index in [1.54, 1.807) is 11.8 Å². The van der Waals surface area contributed by atoms with Crippen molar-refractivity contribution in [1.82, 2.24) is 19.7 Å². The van der Waals surface area contributed by atoms with Crippen molar-refractivity contribution in [3.8, 4) is 5.95 Å². The van der Waals surface area contributed by atoms with Gasteiger partial charge in [-0.1, -0.05) is 0 Å². The summed E-state index contributed by atoms with van der Waals surface area (Å²) in [6, 6.07) is 3.88. The van der Waals surface area contributed by atoms with Crippen LogP contribution in [0.25, 0.3) is 5.95 Å². The zero-order chi connectivity index (χ0) is 18.0. The SMILES string of the molecule is COCc1cc(CC2CCC(F)(F)CC2)nc(-n2nc(C)cc2C)n1. The molecular weight excluding hydrogens is 326 g/mol. The van der Waals surface area contributed by atoms with Crippen LogP contribution in [-0.2, 0) is 17.8 Å². The molecule has 0 saturated heterocycles. The van der Waals surface area contributed by atoms with Gasteiger partial charge < -0.3 is 4.74 Å². The van der Waals surface area contributed by atoms with Gasteiger partial charge in [0, 0.05) is 31.3 Å². The highest BCUT2D eigenvalue weighted by molar-refractivity contribution is 5.23. The van der Waals surface area contributed by atoms with E-state index >= 15 is 0 Å². The minimum Gasteiger partial charge on any atom is -0.378 e. The number of hydrogen-bond donors (Lipinski definition) is 0. The second kappa shape index (κ2) is 7.15. The van der Waals surface area contributed by atoms with E-state index in [-0.39, 0.29) is 18.8 Å². The van der Waals surface area contributed by atoms with Gasteiger partial charge in [0.25, 0.3) is 5.95 Å². The topological polar surface area (TPSA) is 52.8 Å². The summed E-state index contributed by atoms with van der Waals surface area (Å²) in [4.78, 5) is 9.16. The Morgan fingerprint density at radius 3 is 2.44 bits per heavy atom. The summed E-state index contributed by atoms with van der Waals surface area (Å²) in [5.74, 6) is -1.76. The number of hydrogen-bond acceptors (Lipinski definition) is 4. The zero-order valence-electron chi connectivity index (χ0n) is 14.9. The molecule has 1 fully saturated rings. The number of methoxy groups -OCH3 is 1. The molecule has 5 nitrogen and oxygen atoms in total. The van der Waals surface area contributed by atoms with Gasteiger partial charge in [0.1, 0.15) is 0 Å². The minimum atomic E-state index is -2.50. The molecule has 136 valence electrons. The number of halogens is 2. The third-order valence-electron chi connectivity index (χ3n) is 4.65. The first-order valence-electron chi connectivity index (χ1n) is 8.63. The van der Waals surface area contributed by atoms with E-state index in [4.69, 9.17) is 4.74 Å². The first-order chi connectivity index (χ1) is 11.9. The summed E-state index contributed by atoms with van der Waals surface area (Å²) in [6.45, 7) is 4.26. The Morgan fingerprint density at radius 1 is 1.16 bits per heavy atom. The van der Waals surface area contributed by atoms with Crippen molar-refractivity contribution >= 4 is 0 Å². The maximum atomic E-state index is 13.4. The average Bonchev–Trinajstić information content (AvgIpc) is 2.88. The molecule has 0 N–H and O–H groups in total. The fourth-order valence-electron chi connectivity index (χ4n) is 3.39. The van der Waals surface area contributed by atoms with Gasteiger partial charge in [-0.2, -0.15) is 5.10 Å². The van der Waals surface area contributed by atoms with Crippen LogP contribution in [0.5, 0.6) is 0 Å². The molecule has 0 atom stereocenters. The Kier molecular flexibility index (Phi) is 5.13. The molecule has 2 aromatic heterocycles. The highest BCUT2D eigenvalue weighted by atomic mass is 19.3. The van der Waals surface area contributed by atoms with E-state index in [2.05, 4.69) is 15.1 Å². The number of nitrogens with zero attached hydrogens (tertiary/aromatic N) is 4. The molecule has 0 aromatic carbocycles. The first-order valence-corrected chi connectivity index (χ1v) is 8.63. The summed E-state index contributed by atoms with van der Waals surface area (Å²) in [6.07, 6.45) is 1.69. The second-order valence-corrected chi connectivity index (χ2v) is 6.93. The van der Waals surface area contributed by atoms with E-state index in [0.29, 0.717) is 31.8 Å². The van der Waals surface area contributed by atoms with Crippen LogP contribution in [0.2, 0.25) is 0 Å². The maximum Gasteiger partial charge on any atom is 0.251 e. The van der Waals surface area contributed by atoms with Crippen molar-refractivity contribution in [3.05, 3.63) is 34.9 Å². The number of alkyl halides is 2. The van der Waals surface area contributed by atoms with Gasteiger partial charge in [-0.3, -0.25) is 0 Å². The number of ether oxygens (including phenoxy) is 1. The molecule has 0 radical (unpaired) electrons. The van der Waals surface area contributed by atoms with Gasteiger partial charge in [0.15, 0.2) is 0 Å². The van der Waals surface area contributed by atoms with Crippen molar-refractivity contribution in [1.29, 1.82) is 0 Å². The molecule has 1 saturated carbocycles. The lowest BCUT2D eigenvalue weighted by Gasteiger charge is -2.28. The van der Waals surface area contributed by atoms with Crippen molar-refractivity contribution < 1.29 is 13.5 Å². The fourth-order valence-corrected chi connectivity index (χ4v) is 3.39. The Morgan fingerprint density at radius 2 is 1.84 bits per heavy atom. The van der Waals surface area contributed by atoms with Crippen LogP contribution < -0.4 is 0 Å². The van der Waals surface area contributed by atoms with Crippen LogP contribution in [0.4, 0.5) is 8.78 Å². The van der Waals surface area contributed by atoms with Gasteiger partial charge in [-0.25, -0.2) is 23.4 Å². The highest BCUT2D eigenvalue weighted by Crippen LogP contribution is 2.37. The standard InChI is InChI=1S/C18H24F2N4O/c1-12-8-13(2)24(23-12)17-21-15(10-16(22-17)11-25-3)9-14-4-6-18(19,20)7-5-14/h8,10,14H,4-7,9,11H2,1-3H3. The molecule has 2 aromatic rings. The van der Waals surface area contributed by atoms with Crippen LogP contribution in [0.15, 0.2) is 12.1 Å². The maximum absolute atomic E-state index is 13.4. The number of rotatable bonds is 5. The van der Waals surface area contributed by atoms with Gasteiger partial charge in [0.2, 0.25) is 5.92 Å². The van der Waals surface area contributed by atoms with Gasteiger partial charge in [-0.15, -0.1) is 0 Å². The first kappa shape index (κ1) is 17.9. The monoisotopic (exact) mass is 350 g/mol. The molecule has 0 unspecified atom stereocenters.